The molecule has 0 bridgehead atoms. The summed E-state index contributed by atoms with van der Waals surface area (Å²) in [6.07, 6.45) is 0. The van der Waals surface area contributed by atoms with E-state index < -0.39 is 23.3 Å². The molecule has 0 heterocycles. The zero-order chi connectivity index (χ0) is 20.6. The first-order valence-electron chi connectivity index (χ1n) is 9.54. The van der Waals surface area contributed by atoms with E-state index in [-0.39, 0.29) is 13.2 Å². The second kappa shape index (κ2) is 9.93. The van der Waals surface area contributed by atoms with E-state index >= 15 is 0 Å². The van der Waals surface area contributed by atoms with E-state index in [2.05, 4.69) is 0 Å². The molecule has 0 aliphatic rings. The number of ether oxygens (including phenoxy) is 3. The van der Waals surface area contributed by atoms with Crippen molar-refractivity contribution in [2.24, 2.45) is 5.41 Å². The molecule has 5 heteroatoms. The van der Waals surface area contributed by atoms with E-state index in [4.69, 9.17) is 14.2 Å². The lowest BCUT2D eigenvalue weighted by atomic mass is 9.74. The van der Waals surface area contributed by atoms with Crippen LogP contribution in [0.15, 0.2) is 54.6 Å². The van der Waals surface area contributed by atoms with Crippen molar-refractivity contribution < 1.29 is 23.8 Å². The molecule has 0 amide bonds. The lowest BCUT2D eigenvalue weighted by Gasteiger charge is -2.31. The number of rotatable bonds is 9. The maximum atomic E-state index is 12.6. The van der Waals surface area contributed by atoms with Crippen LogP contribution in [0.3, 0.4) is 0 Å². The largest absolute Gasteiger partial charge is 0.489 e. The third-order valence-electron chi connectivity index (χ3n) is 4.87. The average molecular weight is 384 g/mol. The number of esters is 2. The van der Waals surface area contributed by atoms with Gasteiger partial charge in [0, 0.05) is 5.92 Å². The predicted octanol–water partition coefficient (Wildman–Crippen LogP) is 4.50. The number of carbonyl (C=O) groups excluding carboxylic acids is 2. The fourth-order valence-electron chi connectivity index (χ4n) is 2.95. The molecular formula is C23H28O5. The molecule has 0 saturated heterocycles. The Kier molecular flexibility index (Phi) is 7.61. The number of benzene rings is 2. The van der Waals surface area contributed by atoms with Crippen molar-refractivity contribution in [3.8, 4) is 5.75 Å². The topological polar surface area (TPSA) is 61.8 Å². The third kappa shape index (κ3) is 4.91. The van der Waals surface area contributed by atoms with Gasteiger partial charge >= 0.3 is 11.9 Å². The van der Waals surface area contributed by atoms with Crippen LogP contribution in [0.25, 0.3) is 0 Å². The highest BCUT2D eigenvalue weighted by Gasteiger charge is 2.49. The summed E-state index contributed by atoms with van der Waals surface area (Å²) >= 11 is 0. The van der Waals surface area contributed by atoms with Crippen molar-refractivity contribution in [1.82, 2.24) is 0 Å². The summed E-state index contributed by atoms with van der Waals surface area (Å²) in [5, 5.41) is 0. The Labute approximate surface area is 166 Å². The van der Waals surface area contributed by atoms with Gasteiger partial charge in [-0.3, -0.25) is 9.59 Å². The van der Waals surface area contributed by atoms with Gasteiger partial charge in [0.25, 0.3) is 0 Å². The van der Waals surface area contributed by atoms with Crippen molar-refractivity contribution in [2.45, 2.75) is 40.2 Å². The Hall–Kier alpha value is -2.82. The Morgan fingerprint density at radius 2 is 1.54 bits per heavy atom. The standard InChI is InChI=1S/C23H28O5/c1-5-26-21(24)23(4,22(25)27-6-2)17(3)19-13-10-14-20(15-19)28-16-18-11-8-7-9-12-18/h7-15,17H,5-6,16H2,1-4H3. The van der Waals surface area contributed by atoms with E-state index in [1.165, 1.54) is 0 Å². The highest BCUT2D eigenvalue weighted by Crippen LogP contribution is 2.39. The molecule has 2 aromatic rings. The molecule has 0 aliphatic carbocycles. The third-order valence-corrected chi connectivity index (χ3v) is 4.87. The first-order chi connectivity index (χ1) is 13.4. The molecule has 0 fully saturated rings. The van der Waals surface area contributed by atoms with Gasteiger partial charge in [0.1, 0.15) is 12.4 Å². The molecule has 0 N–H and O–H groups in total. The van der Waals surface area contributed by atoms with Gasteiger partial charge in [0.2, 0.25) is 0 Å². The summed E-state index contributed by atoms with van der Waals surface area (Å²) < 4.78 is 16.2. The number of hydrogen-bond acceptors (Lipinski definition) is 5. The molecule has 2 rings (SSSR count). The molecule has 1 atom stereocenters. The summed E-state index contributed by atoms with van der Waals surface area (Å²) in [6, 6.07) is 17.3. The number of hydrogen-bond donors (Lipinski definition) is 0. The highest BCUT2D eigenvalue weighted by atomic mass is 16.6. The lowest BCUT2D eigenvalue weighted by Crippen LogP contribution is -2.43. The maximum absolute atomic E-state index is 12.6. The van der Waals surface area contributed by atoms with Crippen molar-refractivity contribution in [2.75, 3.05) is 13.2 Å². The highest BCUT2D eigenvalue weighted by molar-refractivity contribution is 6.00. The molecule has 150 valence electrons. The molecule has 0 saturated carbocycles. The van der Waals surface area contributed by atoms with Gasteiger partial charge in [0.15, 0.2) is 5.41 Å². The van der Waals surface area contributed by atoms with Gasteiger partial charge in [-0.25, -0.2) is 0 Å². The molecule has 0 aliphatic heterocycles. The Balaban J connectivity index is 2.25. The summed E-state index contributed by atoms with van der Waals surface area (Å²) in [5.74, 6) is -0.956. The monoisotopic (exact) mass is 384 g/mol. The molecule has 5 nitrogen and oxygen atoms in total. The zero-order valence-corrected chi connectivity index (χ0v) is 16.9. The summed E-state index contributed by atoms with van der Waals surface area (Å²) in [5.41, 5.74) is 0.419. The number of carbonyl (C=O) groups is 2. The fourth-order valence-corrected chi connectivity index (χ4v) is 2.95. The van der Waals surface area contributed by atoms with Crippen molar-refractivity contribution in [1.29, 1.82) is 0 Å². The maximum Gasteiger partial charge on any atom is 0.323 e. The first kappa shape index (κ1) is 21.5. The Bertz CT molecular complexity index is 767. The minimum Gasteiger partial charge on any atom is -0.489 e. The van der Waals surface area contributed by atoms with Crippen LogP contribution >= 0.6 is 0 Å². The van der Waals surface area contributed by atoms with E-state index in [1.807, 2.05) is 61.5 Å². The van der Waals surface area contributed by atoms with Gasteiger partial charge in [0.05, 0.1) is 13.2 Å². The molecule has 2 aromatic carbocycles. The van der Waals surface area contributed by atoms with Crippen LogP contribution in [0.4, 0.5) is 0 Å². The Morgan fingerprint density at radius 3 is 2.11 bits per heavy atom. The first-order valence-corrected chi connectivity index (χ1v) is 9.54. The van der Waals surface area contributed by atoms with Crippen LogP contribution in [0.5, 0.6) is 5.75 Å². The summed E-state index contributed by atoms with van der Waals surface area (Å²) in [7, 11) is 0. The molecule has 0 radical (unpaired) electrons. The Morgan fingerprint density at radius 1 is 0.929 bits per heavy atom. The normalized spacial score (nSPS) is 12.1. The van der Waals surface area contributed by atoms with Gasteiger partial charge < -0.3 is 14.2 Å². The second-order valence-corrected chi connectivity index (χ2v) is 6.71. The smallest absolute Gasteiger partial charge is 0.323 e. The van der Waals surface area contributed by atoms with Crippen LogP contribution in [0.1, 0.15) is 44.7 Å². The van der Waals surface area contributed by atoms with Crippen molar-refractivity contribution >= 4 is 11.9 Å². The second-order valence-electron chi connectivity index (χ2n) is 6.71. The minimum absolute atomic E-state index is 0.195. The summed E-state index contributed by atoms with van der Waals surface area (Å²) in [6.45, 7) is 7.65. The van der Waals surface area contributed by atoms with E-state index in [0.717, 1.165) is 11.1 Å². The van der Waals surface area contributed by atoms with E-state index in [0.29, 0.717) is 12.4 Å². The molecule has 1 unspecified atom stereocenters. The van der Waals surface area contributed by atoms with Crippen LogP contribution < -0.4 is 4.74 Å². The van der Waals surface area contributed by atoms with Crippen molar-refractivity contribution in [3.63, 3.8) is 0 Å². The van der Waals surface area contributed by atoms with Crippen molar-refractivity contribution in [3.05, 3.63) is 65.7 Å². The molecule has 0 aromatic heterocycles. The average Bonchev–Trinajstić information content (AvgIpc) is 2.72. The minimum atomic E-state index is -1.44. The SMILES string of the molecule is CCOC(=O)C(C)(C(=O)OCC)C(C)c1cccc(OCc2ccccc2)c1. The van der Waals surface area contributed by atoms with Gasteiger partial charge in [-0.2, -0.15) is 0 Å². The summed E-state index contributed by atoms with van der Waals surface area (Å²) in [4.78, 5) is 25.3. The van der Waals surface area contributed by atoms with Gasteiger partial charge in [-0.05, 0) is 44.0 Å². The van der Waals surface area contributed by atoms with Gasteiger partial charge in [-0.15, -0.1) is 0 Å². The zero-order valence-electron chi connectivity index (χ0n) is 16.9. The quantitative estimate of drug-likeness (QED) is 0.470. The molecule has 28 heavy (non-hydrogen) atoms. The van der Waals surface area contributed by atoms with E-state index in [1.54, 1.807) is 20.8 Å². The molecule has 0 spiro atoms. The fraction of sp³-hybridized carbons (Fsp3) is 0.391. The van der Waals surface area contributed by atoms with E-state index in [9.17, 15) is 9.59 Å². The van der Waals surface area contributed by atoms with Crippen LogP contribution in [0.2, 0.25) is 0 Å². The van der Waals surface area contributed by atoms with Crippen LogP contribution in [-0.4, -0.2) is 25.2 Å². The van der Waals surface area contributed by atoms with Crippen LogP contribution in [-0.2, 0) is 25.7 Å². The predicted molar refractivity (Wildman–Crippen MR) is 107 cm³/mol. The van der Waals surface area contributed by atoms with Gasteiger partial charge in [-0.1, -0.05) is 49.4 Å². The lowest BCUT2D eigenvalue weighted by molar-refractivity contribution is -0.172. The molecular weight excluding hydrogens is 356 g/mol. The van der Waals surface area contributed by atoms with Crippen LogP contribution in [0, 0.1) is 5.41 Å².